The molecule has 2 aromatic rings. The normalized spacial score (nSPS) is 10.4. The predicted octanol–water partition coefficient (Wildman–Crippen LogP) is 3.25. The van der Waals surface area contributed by atoms with Gasteiger partial charge in [-0.15, -0.1) is 6.58 Å². The summed E-state index contributed by atoms with van der Waals surface area (Å²) in [5, 5.41) is 19.6. The fraction of sp³-hybridized carbons (Fsp3) is 0. The largest absolute Gasteiger partial charge is 0.508 e. The first-order chi connectivity index (χ1) is 8.24. The van der Waals surface area contributed by atoms with Gasteiger partial charge in [-0.2, -0.15) is 0 Å². The average Bonchev–Trinajstić information content (AvgIpc) is 2.34. The molecule has 2 N–H and O–H groups in total. The Bertz CT molecular complexity index is 486. The van der Waals surface area contributed by atoms with Gasteiger partial charge in [0.25, 0.3) is 0 Å². The van der Waals surface area contributed by atoms with Crippen LogP contribution in [0, 0.1) is 5.92 Å². The van der Waals surface area contributed by atoms with Gasteiger partial charge in [-0.05, 0) is 12.1 Å². The Morgan fingerprint density at radius 2 is 1.24 bits per heavy atom. The van der Waals surface area contributed by atoms with Crippen molar-refractivity contribution in [2.75, 3.05) is 0 Å². The molecule has 2 nitrogen and oxygen atoms in total. The summed E-state index contributed by atoms with van der Waals surface area (Å²) in [6, 6.07) is 14.0. The first kappa shape index (κ1) is 11.3. The molecule has 2 aromatic carbocycles. The molecule has 0 aliphatic heterocycles. The minimum absolute atomic E-state index is 0.172. The van der Waals surface area contributed by atoms with Gasteiger partial charge in [0.2, 0.25) is 0 Å². The van der Waals surface area contributed by atoms with Crippen LogP contribution in [0.15, 0.2) is 61.2 Å². The van der Waals surface area contributed by atoms with Crippen LogP contribution in [0.25, 0.3) is 0 Å². The van der Waals surface area contributed by atoms with Crippen LogP contribution in [-0.2, 0) is 0 Å². The van der Waals surface area contributed by atoms with E-state index in [0.29, 0.717) is 17.0 Å². The summed E-state index contributed by atoms with van der Waals surface area (Å²) in [7, 11) is 0. The number of hydrogen-bond acceptors (Lipinski definition) is 2. The molecule has 1 radical (unpaired) electrons. The van der Waals surface area contributed by atoms with Crippen LogP contribution in [0.4, 0.5) is 0 Å². The Kier molecular flexibility index (Phi) is 3.15. The first-order valence-corrected chi connectivity index (χ1v) is 5.30. The lowest BCUT2D eigenvalue weighted by Crippen LogP contribution is -1.99. The molecule has 0 bridgehead atoms. The van der Waals surface area contributed by atoms with Gasteiger partial charge in [0.1, 0.15) is 11.5 Å². The third-order valence-corrected chi connectivity index (χ3v) is 2.59. The molecule has 0 aliphatic rings. The molecular weight excluding hydrogens is 212 g/mol. The Hall–Kier alpha value is -2.22. The summed E-state index contributed by atoms with van der Waals surface area (Å²) in [6.45, 7) is 3.74. The number of phenols is 2. The standard InChI is InChI=1S/C15H13O2/c1-2-11(12-7-3-5-9-14(12)16)13-8-4-6-10-15(13)17/h2-10,16-17H,1H2. The van der Waals surface area contributed by atoms with Crippen LogP contribution in [-0.4, -0.2) is 10.2 Å². The van der Waals surface area contributed by atoms with E-state index in [4.69, 9.17) is 0 Å². The zero-order chi connectivity index (χ0) is 12.3. The first-order valence-electron chi connectivity index (χ1n) is 5.30. The van der Waals surface area contributed by atoms with Crippen molar-refractivity contribution in [2.24, 2.45) is 0 Å². The smallest absolute Gasteiger partial charge is 0.120 e. The van der Waals surface area contributed by atoms with Crippen LogP contribution in [0.3, 0.4) is 0 Å². The predicted molar refractivity (Wildman–Crippen MR) is 67.9 cm³/mol. The third-order valence-electron chi connectivity index (χ3n) is 2.59. The maximum absolute atomic E-state index is 9.81. The molecule has 2 heteroatoms. The van der Waals surface area contributed by atoms with Gasteiger partial charge in [0.15, 0.2) is 0 Å². The number of allylic oxidation sites excluding steroid dienone is 1. The van der Waals surface area contributed by atoms with Crippen LogP contribution >= 0.6 is 0 Å². The van der Waals surface area contributed by atoms with Crippen molar-refractivity contribution in [3.8, 4) is 11.5 Å². The topological polar surface area (TPSA) is 40.5 Å². The number of aromatic hydroxyl groups is 2. The Labute approximate surface area is 100 Å². The summed E-state index contributed by atoms with van der Waals surface area (Å²) in [5.74, 6) is 1.05. The van der Waals surface area contributed by atoms with Gasteiger partial charge in [-0.1, -0.05) is 42.5 Å². The van der Waals surface area contributed by atoms with Crippen LogP contribution in [0.2, 0.25) is 0 Å². The Morgan fingerprint density at radius 1 is 0.824 bits per heavy atom. The van der Waals surface area contributed by atoms with Crippen molar-refractivity contribution in [1.29, 1.82) is 0 Å². The molecule has 0 aliphatic carbocycles. The SMILES string of the molecule is C=C[C](c1ccccc1O)c1ccccc1O. The quantitative estimate of drug-likeness (QED) is 0.841. The molecule has 0 amide bonds. The van der Waals surface area contributed by atoms with E-state index in [1.165, 1.54) is 0 Å². The molecule has 0 unspecified atom stereocenters. The molecule has 0 aromatic heterocycles. The molecular formula is C15H13O2. The molecule has 0 saturated carbocycles. The highest BCUT2D eigenvalue weighted by Gasteiger charge is 2.17. The van der Waals surface area contributed by atoms with E-state index in [-0.39, 0.29) is 11.5 Å². The van der Waals surface area contributed by atoms with Crippen LogP contribution < -0.4 is 0 Å². The van der Waals surface area contributed by atoms with Gasteiger partial charge >= 0.3 is 0 Å². The fourth-order valence-electron chi connectivity index (χ4n) is 1.77. The van der Waals surface area contributed by atoms with Crippen LogP contribution in [0.5, 0.6) is 11.5 Å². The summed E-state index contributed by atoms with van der Waals surface area (Å²) in [6.07, 6.45) is 1.63. The highest BCUT2D eigenvalue weighted by atomic mass is 16.3. The van der Waals surface area contributed by atoms with Crippen molar-refractivity contribution >= 4 is 0 Å². The van der Waals surface area contributed by atoms with Crippen molar-refractivity contribution in [1.82, 2.24) is 0 Å². The second-order valence-corrected chi connectivity index (χ2v) is 3.65. The lowest BCUT2D eigenvalue weighted by Gasteiger charge is -2.15. The lowest BCUT2D eigenvalue weighted by atomic mass is 9.90. The number of hydrogen-bond donors (Lipinski definition) is 2. The van der Waals surface area contributed by atoms with Gasteiger partial charge < -0.3 is 10.2 Å². The molecule has 0 saturated heterocycles. The van der Waals surface area contributed by atoms with E-state index in [2.05, 4.69) is 6.58 Å². The monoisotopic (exact) mass is 225 g/mol. The van der Waals surface area contributed by atoms with Crippen molar-refractivity contribution in [2.45, 2.75) is 0 Å². The zero-order valence-corrected chi connectivity index (χ0v) is 9.30. The van der Waals surface area contributed by atoms with Crippen LogP contribution in [0.1, 0.15) is 11.1 Å². The number of benzene rings is 2. The highest BCUT2D eigenvalue weighted by Crippen LogP contribution is 2.34. The van der Waals surface area contributed by atoms with Crippen molar-refractivity contribution in [3.63, 3.8) is 0 Å². The molecule has 85 valence electrons. The van der Waals surface area contributed by atoms with E-state index in [9.17, 15) is 10.2 Å². The Balaban J connectivity index is 2.52. The van der Waals surface area contributed by atoms with Crippen molar-refractivity contribution < 1.29 is 10.2 Å². The maximum atomic E-state index is 9.81. The summed E-state index contributed by atoms with van der Waals surface area (Å²) < 4.78 is 0. The van der Waals surface area contributed by atoms with Gasteiger partial charge in [0, 0.05) is 11.1 Å². The highest BCUT2D eigenvalue weighted by molar-refractivity contribution is 5.59. The molecule has 0 fully saturated rings. The Morgan fingerprint density at radius 3 is 1.59 bits per heavy atom. The van der Waals surface area contributed by atoms with E-state index >= 15 is 0 Å². The molecule has 0 spiro atoms. The molecule has 0 heterocycles. The molecule has 0 atom stereocenters. The number of phenolic OH excluding ortho intramolecular Hbond substituents is 2. The summed E-state index contributed by atoms with van der Waals surface area (Å²) >= 11 is 0. The van der Waals surface area contributed by atoms with E-state index < -0.39 is 0 Å². The van der Waals surface area contributed by atoms with Gasteiger partial charge in [-0.3, -0.25) is 0 Å². The summed E-state index contributed by atoms with van der Waals surface area (Å²) in [4.78, 5) is 0. The van der Waals surface area contributed by atoms with Gasteiger partial charge in [-0.25, -0.2) is 0 Å². The van der Waals surface area contributed by atoms with E-state index in [0.717, 1.165) is 0 Å². The second kappa shape index (κ2) is 4.74. The minimum Gasteiger partial charge on any atom is -0.508 e. The van der Waals surface area contributed by atoms with E-state index in [1.54, 1.807) is 42.5 Å². The number of rotatable bonds is 3. The average molecular weight is 225 g/mol. The fourth-order valence-corrected chi connectivity index (χ4v) is 1.77. The lowest BCUT2D eigenvalue weighted by molar-refractivity contribution is 0.466. The van der Waals surface area contributed by atoms with Gasteiger partial charge in [0.05, 0.1) is 5.92 Å². The molecule has 17 heavy (non-hydrogen) atoms. The minimum atomic E-state index is 0.172. The second-order valence-electron chi connectivity index (χ2n) is 3.65. The summed E-state index contributed by atoms with van der Waals surface area (Å²) in [5.41, 5.74) is 1.31. The number of para-hydroxylation sites is 2. The maximum Gasteiger partial charge on any atom is 0.120 e. The van der Waals surface area contributed by atoms with E-state index in [1.807, 2.05) is 12.1 Å². The third kappa shape index (κ3) is 2.16. The zero-order valence-electron chi connectivity index (χ0n) is 9.30. The molecule has 2 rings (SSSR count). The van der Waals surface area contributed by atoms with Crippen molar-refractivity contribution in [3.05, 3.63) is 78.2 Å².